The normalized spacial score (nSPS) is 19.0. The van der Waals surface area contributed by atoms with E-state index in [-0.39, 0.29) is 0 Å². The first kappa shape index (κ1) is 17.6. The molecule has 1 aromatic rings. The molecule has 128 valence electrons. The summed E-state index contributed by atoms with van der Waals surface area (Å²) in [4.78, 5) is 6.85. The summed E-state index contributed by atoms with van der Waals surface area (Å²) in [6.45, 7) is 8.29. The molecule has 2 N–H and O–H groups in total. The molecule has 1 heterocycles. The van der Waals surface area contributed by atoms with Crippen LogP contribution in [0.25, 0.3) is 0 Å². The zero-order chi connectivity index (χ0) is 16.7. The summed E-state index contributed by atoms with van der Waals surface area (Å²) in [6, 6.07) is 6.88. The molecule has 23 heavy (non-hydrogen) atoms. The van der Waals surface area contributed by atoms with E-state index < -0.39 is 0 Å². The van der Waals surface area contributed by atoms with Crippen LogP contribution in [0.1, 0.15) is 30.9 Å². The van der Waals surface area contributed by atoms with Crippen molar-refractivity contribution in [3.05, 3.63) is 29.3 Å². The highest BCUT2D eigenvalue weighted by Crippen LogP contribution is 2.19. The molecule has 0 bridgehead atoms. The highest BCUT2D eigenvalue weighted by atomic mass is 16.5. The first-order chi connectivity index (χ1) is 11.2. The van der Waals surface area contributed by atoms with Crippen LogP contribution in [-0.4, -0.2) is 50.7 Å². The molecule has 0 amide bonds. The Hall–Kier alpha value is -1.75. The van der Waals surface area contributed by atoms with E-state index in [0.29, 0.717) is 12.6 Å². The van der Waals surface area contributed by atoms with Crippen molar-refractivity contribution in [1.29, 1.82) is 0 Å². The minimum absolute atomic E-state index is 0.618. The van der Waals surface area contributed by atoms with Crippen LogP contribution in [0, 0.1) is 6.92 Å². The lowest BCUT2D eigenvalue weighted by atomic mass is 10.1. The summed E-state index contributed by atoms with van der Waals surface area (Å²) in [5.74, 6) is 1.76. The van der Waals surface area contributed by atoms with Crippen LogP contribution in [0.2, 0.25) is 0 Å². The average Bonchev–Trinajstić information content (AvgIpc) is 3.03. The summed E-state index contributed by atoms with van der Waals surface area (Å²) < 4.78 is 5.46. The zero-order valence-electron chi connectivity index (χ0n) is 14.9. The number of likely N-dealkylation sites (tertiary alicyclic amines) is 1. The van der Waals surface area contributed by atoms with Gasteiger partial charge in [0, 0.05) is 31.7 Å². The number of rotatable bonds is 6. The van der Waals surface area contributed by atoms with E-state index in [9.17, 15) is 0 Å². The molecule has 1 aromatic carbocycles. The molecule has 5 nitrogen and oxygen atoms in total. The first-order valence-electron chi connectivity index (χ1n) is 8.50. The first-order valence-corrected chi connectivity index (χ1v) is 8.50. The van der Waals surface area contributed by atoms with Gasteiger partial charge in [0.2, 0.25) is 0 Å². The fourth-order valence-corrected chi connectivity index (χ4v) is 3.15. The van der Waals surface area contributed by atoms with Gasteiger partial charge < -0.3 is 15.4 Å². The van der Waals surface area contributed by atoms with Crippen LogP contribution in [0.15, 0.2) is 23.2 Å². The Labute approximate surface area is 140 Å². The maximum absolute atomic E-state index is 5.46. The molecule has 0 aromatic heterocycles. The lowest BCUT2D eigenvalue weighted by Crippen LogP contribution is -2.44. The number of nitrogens with zero attached hydrogens (tertiary/aromatic N) is 2. The van der Waals surface area contributed by atoms with E-state index in [2.05, 4.69) is 52.6 Å². The van der Waals surface area contributed by atoms with Crippen molar-refractivity contribution in [2.45, 2.75) is 39.3 Å². The quantitative estimate of drug-likeness (QED) is 0.623. The van der Waals surface area contributed by atoms with Gasteiger partial charge in [0.1, 0.15) is 5.75 Å². The van der Waals surface area contributed by atoms with Gasteiger partial charge in [-0.25, -0.2) is 0 Å². The second-order valence-corrected chi connectivity index (χ2v) is 6.05. The second-order valence-electron chi connectivity index (χ2n) is 6.05. The third-order valence-corrected chi connectivity index (χ3v) is 4.52. The van der Waals surface area contributed by atoms with Gasteiger partial charge in [-0.2, -0.15) is 0 Å². The number of aliphatic imine (C=N–C) groups is 1. The molecular weight excluding hydrogens is 288 g/mol. The van der Waals surface area contributed by atoms with Crippen molar-refractivity contribution in [1.82, 2.24) is 15.5 Å². The summed E-state index contributed by atoms with van der Waals surface area (Å²) in [6.07, 6.45) is 2.57. The third kappa shape index (κ3) is 4.86. The number of benzene rings is 1. The van der Waals surface area contributed by atoms with E-state index in [1.165, 1.54) is 24.9 Å². The van der Waals surface area contributed by atoms with Crippen LogP contribution in [0.3, 0.4) is 0 Å². The van der Waals surface area contributed by atoms with E-state index >= 15 is 0 Å². The maximum Gasteiger partial charge on any atom is 0.191 e. The lowest BCUT2D eigenvalue weighted by molar-refractivity contribution is 0.267. The number of ether oxygens (including phenoxy) is 1. The smallest absolute Gasteiger partial charge is 0.191 e. The summed E-state index contributed by atoms with van der Waals surface area (Å²) in [7, 11) is 3.53. The molecule has 1 aliphatic heterocycles. The molecule has 1 fully saturated rings. The van der Waals surface area contributed by atoms with Gasteiger partial charge in [-0.15, -0.1) is 0 Å². The molecule has 0 aliphatic carbocycles. The fourth-order valence-electron chi connectivity index (χ4n) is 3.15. The average molecular weight is 318 g/mol. The third-order valence-electron chi connectivity index (χ3n) is 4.52. The van der Waals surface area contributed by atoms with E-state index in [1.54, 1.807) is 7.11 Å². The molecule has 0 radical (unpaired) electrons. The van der Waals surface area contributed by atoms with Crippen LogP contribution in [-0.2, 0) is 6.54 Å². The predicted octanol–water partition coefficient (Wildman–Crippen LogP) is 2.15. The Morgan fingerprint density at radius 2 is 2.22 bits per heavy atom. The molecule has 1 saturated heterocycles. The molecule has 1 unspecified atom stereocenters. The number of nitrogens with one attached hydrogen (secondary N) is 2. The number of aryl methyl sites for hydroxylation is 1. The highest BCUT2D eigenvalue weighted by molar-refractivity contribution is 5.79. The second kappa shape index (κ2) is 8.77. The maximum atomic E-state index is 5.46. The van der Waals surface area contributed by atoms with Crippen molar-refractivity contribution in [2.75, 3.05) is 33.8 Å². The Balaban J connectivity index is 1.86. The van der Waals surface area contributed by atoms with Crippen LogP contribution in [0.5, 0.6) is 5.75 Å². The van der Waals surface area contributed by atoms with Crippen LogP contribution in [0.4, 0.5) is 0 Å². The Kier molecular flexibility index (Phi) is 6.71. The Morgan fingerprint density at radius 3 is 2.91 bits per heavy atom. The Bertz CT molecular complexity index is 530. The molecule has 2 rings (SSSR count). The zero-order valence-corrected chi connectivity index (χ0v) is 14.9. The lowest BCUT2D eigenvalue weighted by Gasteiger charge is -2.24. The number of likely N-dealkylation sites (N-methyl/N-ethyl adjacent to an activating group) is 1. The monoisotopic (exact) mass is 318 g/mol. The Morgan fingerprint density at radius 1 is 1.39 bits per heavy atom. The molecule has 5 heteroatoms. The van der Waals surface area contributed by atoms with Gasteiger partial charge in [0.15, 0.2) is 5.96 Å². The van der Waals surface area contributed by atoms with Crippen molar-refractivity contribution >= 4 is 5.96 Å². The van der Waals surface area contributed by atoms with Gasteiger partial charge in [-0.05, 0) is 44.5 Å². The van der Waals surface area contributed by atoms with E-state index in [1.807, 2.05) is 7.05 Å². The van der Waals surface area contributed by atoms with Crippen LogP contribution >= 0.6 is 0 Å². The van der Waals surface area contributed by atoms with Gasteiger partial charge in [0.25, 0.3) is 0 Å². The van der Waals surface area contributed by atoms with Gasteiger partial charge in [0.05, 0.1) is 7.11 Å². The standard InChI is InChI=1S/C18H30N4O/c1-5-22-10-6-7-16(22)13-21-18(19-3)20-12-15-9-8-14(2)11-17(15)23-4/h8-9,11,16H,5-7,10,12-13H2,1-4H3,(H2,19,20,21). The highest BCUT2D eigenvalue weighted by Gasteiger charge is 2.22. The van der Waals surface area contributed by atoms with Crippen molar-refractivity contribution in [2.24, 2.45) is 4.99 Å². The molecule has 0 saturated carbocycles. The molecule has 1 atom stereocenters. The molecular formula is C18H30N4O. The minimum Gasteiger partial charge on any atom is -0.496 e. The number of hydrogen-bond acceptors (Lipinski definition) is 3. The number of methoxy groups -OCH3 is 1. The van der Waals surface area contributed by atoms with Gasteiger partial charge in [-0.3, -0.25) is 9.89 Å². The van der Waals surface area contributed by atoms with E-state index in [4.69, 9.17) is 4.74 Å². The largest absolute Gasteiger partial charge is 0.496 e. The number of hydrogen-bond donors (Lipinski definition) is 2. The van der Waals surface area contributed by atoms with Gasteiger partial charge in [-0.1, -0.05) is 19.1 Å². The van der Waals surface area contributed by atoms with Crippen molar-refractivity contribution in [3.8, 4) is 5.75 Å². The SMILES string of the molecule is CCN1CCCC1CNC(=NC)NCc1ccc(C)cc1OC. The predicted molar refractivity (Wildman–Crippen MR) is 96.2 cm³/mol. The summed E-state index contributed by atoms with van der Waals surface area (Å²) in [5.41, 5.74) is 2.34. The van der Waals surface area contributed by atoms with Gasteiger partial charge >= 0.3 is 0 Å². The van der Waals surface area contributed by atoms with Crippen molar-refractivity contribution < 1.29 is 4.74 Å². The fraction of sp³-hybridized carbons (Fsp3) is 0.611. The van der Waals surface area contributed by atoms with Crippen molar-refractivity contribution in [3.63, 3.8) is 0 Å². The van der Waals surface area contributed by atoms with E-state index in [0.717, 1.165) is 30.4 Å². The summed E-state index contributed by atoms with van der Waals surface area (Å²) >= 11 is 0. The molecule has 0 spiro atoms. The molecule has 1 aliphatic rings. The van der Waals surface area contributed by atoms with Crippen LogP contribution < -0.4 is 15.4 Å². The minimum atomic E-state index is 0.618. The number of guanidine groups is 1. The summed E-state index contributed by atoms with van der Waals surface area (Å²) in [5, 5.41) is 6.83. The topological polar surface area (TPSA) is 48.9 Å².